The Morgan fingerprint density at radius 3 is 1.48 bits per heavy atom. The first kappa shape index (κ1) is 34.0. The average molecular weight is 739 g/mol. The third-order valence-corrected chi connectivity index (χ3v) is 18.1. The monoisotopic (exact) mass is 736 g/mol. The summed E-state index contributed by atoms with van der Waals surface area (Å²) in [5.41, 5.74) is 15.3. The van der Waals surface area contributed by atoms with Gasteiger partial charge in [0.25, 0.3) is 0 Å². The molecular weight excluding hydrogens is 703 g/mol. The van der Waals surface area contributed by atoms with Crippen molar-refractivity contribution < 1.29 is 46.1 Å². The quantitative estimate of drug-likeness (QED) is 0.225. The minimum absolute atomic E-state index is 0. The summed E-state index contributed by atoms with van der Waals surface area (Å²) in [5.74, 6) is 0.232. The molecule has 6 aromatic carbocycles. The number of allylic oxidation sites excluding steroid dienone is 4. The fourth-order valence-corrected chi connectivity index (χ4v) is 17.5. The molecule has 0 nitrogen and oxygen atoms in total. The van der Waals surface area contributed by atoms with E-state index in [4.69, 9.17) is 0 Å². The molecule has 0 saturated heterocycles. The Kier molecular flexibility index (Phi) is 10.4. The van der Waals surface area contributed by atoms with E-state index in [9.17, 15) is 0 Å². The minimum Gasteiger partial charge on any atom is -1.00 e. The Hall–Kier alpha value is -3.87. The molecule has 1 atom stereocenters. The molecule has 0 bridgehead atoms. The summed E-state index contributed by atoms with van der Waals surface area (Å²) in [6.45, 7) is 4.51. The molecule has 0 aromatic heterocycles. The van der Waals surface area contributed by atoms with E-state index in [1.165, 1.54) is 61.2 Å². The van der Waals surface area contributed by atoms with Gasteiger partial charge in [0.15, 0.2) is 0 Å². The first-order valence-electron chi connectivity index (χ1n) is 16.3. The summed E-state index contributed by atoms with van der Waals surface area (Å²) in [6.07, 6.45) is 4.93. The molecule has 48 heavy (non-hydrogen) atoms. The van der Waals surface area contributed by atoms with Crippen LogP contribution in [0.15, 0.2) is 173 Å². The first-order valence-corrected chi connectivity index (χ1v) is 20.1. The number of aryl methyl sites for hydroxylation is 2. The smallest absolute Gasteiger partial charge is 1.00 e. The van der Waals surface area contributed by atoms with E-state index in [2.05, 4.69) is 184 Å². The molecule has 0 fully saturated rings. The van der Waals surface area contributed by atoms with Crippen molar-refractivity contribution in [3.8, 4) is 11.1 Å². The van der Waals surface area contributed by atoms with Gasteiger partial charge in [-0.05, 0) is 0 Å². The van der Waals surface area contributed by atoms with Crippen molar-refractivity contribution in [2.45, 2.75) is 23.4 Å². The maximum Gasteiger partial charge on any atom is -1.00 e. The summed E-state index contributed by atoms with van der Waals surface area (Å²) in [6, 6.07) is 59.3. The van der Waals surface area contributed by atoms with Gasteiger partial charge in [-0.2, -0.15) is 0 Å². The second-order valence-electron chi connectivity index (χ2n) is 12.6. The van der Waals surface area contributed by atoms with Gasteiger partial charge >= 0.3 is 282 Å². The summed E-state index contributed by atoms with van der Waals surface area (Å²) < 4.78 is 3.57. The van der Waals surface area contributed by atoms with Crippen LogP contribution in [0, 0.1) is 13.8 Å². The summed E-state index contributed by atoms with van der Waals surface area (Å²) >= 11 is -3.06. The topological polar surface area (TPSA) is 0 Å². The number of hydrogen-bond donors (Lipinski definition) is 0. The van der Waals surface area contributed by atoms with Crippen LogP contribution in [0.1, 0.15) is 54.1 Å². The molecule has 0 spiro atoms. The molecule has 0 radical (unpaired) electrons. The fourth-order valence-electron chi connectivity index (χ4n) is 7.60. The SMILES string of the molecule is Cc1ccc2c(c1)[CH]([Zr+2]([C]1=C(c3ccccc3)C=CC1c1ccccc1)=[C](c1ccccc1)c1ccccc1)c1cc(C)ccc1-2.[Cl-].[Cl-]. The molecular formula is C45H36Cl2Zr. The van der Waals surface area contributed by atoms with E-state index in [1.54, 1.807) is 6.49 Å². The van der Waals surface area contributed by atoms with Crippen molar-refractivity contribution >= 4 is 8.78 Å². The summed E-state index contributed by atoms with van der Waals surface area (Å²) in [7, 11) is 0. The van der Waals surface area contributed by atoms with Crippen molar-refractivity contribution in [2.75, 3.05) is 0 Å². The van der Waals surface area contributed by atoms with Gasteiger partial charge in [-0.3, -0.25) is 0 Å². The van der Waals surface area contributed by atoms with Crippen LogP contribution in [-0.2, 0) is 21.3 Å². The van der Waals surface area contributed by atoms with Crippen LogP contribution in [-0.4, -0.2) is 3.21 Å². The van der Waals surface area contributed by atoms with Gasteiger partial charge < -0.3 is 24.8 Å². The van der Waals surface area contributed by atoms with Crippen molar-refractivity contribution in [2.24, 2.45) is 0 Å². The molecule has 3 heteroatoms. The van der Waals surface area contributed by atoms with Gasteiger partial charge in [0.1, 0.15) is 0 Å². The summed E-state index contributed by atoms with van der Waals surface area (Å²) in [5, 5.41) is 0. The van der Waals surface area contributed by atoms with Crippen LogP contribution in [0.4, 0.5) is 0 Å². The Bertz CT molecular complexity index is 2050. The average Bonchev–Trinajstić information content (AvgIpc) is 3.68. The zero-order chi connectivity index (χ0) is 31.0. The van der Waals surface area contributed by atoms with E-state index in [-0.39, 0.29) is 30.7 Å². The Balaban J connectivity index is 0.00000201. The van der Waals surface area contributed by atoms with E-state index >= 15 is 0 Å². The van der Waals surface area contributed by atoms with Gasteiger partial charge in [-0.15, -0.1) is 0 Å². The second-order valence-corrected chi connectivity index (χ2v) is 18.6. The Morgan fingerprint density at radius 1 is 0.521 bits per heavy atom. The predicted octanol–water partition coefficient (Wildman–Crippen LogP) is 5.03. The van der Waals surface area contributed by atoms with Crippen LogP contribution in [0.2, 0.25) is 0 Å². The summed E-state index contributed by atoms with van der Waals surface area (Å²) in [4.78, 5) is 0. The predicted molar refractivity (Wildman–Crippen MR) is 191 cm³/mol. The zero-order valence-electron chi connectivity index (χ0n) is 27.1. The van der Waals surface area contributed by atoms with Crippen LogP contribution in [0.5, 0.6) is 0 Å². The third kappa shape index (κ3) is 6.21. The number of hydrogen-bond acceptors (Lipinski definition) is 0. The van der Waals surface area contributed by atoms with Crippen LogP contribution in [0.3, 0.4) is 0 Å². The standard InChI is InChI=1S/C17H13.C15H13.C13H10.2ClH.Zr/c1-3-7-14(8-4-1)16-11-12-17(13-16)15-9-5-2-6-10-15;1-10-3-5-14-12(7-10)9-13-8-11(2)4-6-15(13)14;1-3-7-12(8-4-1)11-13-9-5-2-6-10-13;;;/h1-12,16H;3-9H,1-2H3;1-10H;2*1H;/q;;;;;+2/p-2. The van der Waals surface area contributed by atoms with Crippen molar-refractivity contribution in [1.82, 2.24) is 0 Å². The van der Waals surface area contributed by atoms with Gasteiger partial charge in [0.05, 0.1) is 0 Å². The number of fused-ring (bicyclic) bond motifs is 3. The van der Waals surface area contributed by atoms with Crippen LogP contribution < -0.4 is 24.8 Å². The second kappa shape index (κ2) is 14.7. The van der Waals surface area contributed by atoms with Crippen molar-refractivity contribution in [3.05, 3.63) is 218 Å². The Morgan fingerprint density at radius 2 is 0.979 bits per heavy atom. The zero-order valence-corrected chi connectivity index (χ0v) is 31.0. The molecule has 0 amide bonds. The van der Waals surface area contributed by atoms with Gasteiger partial charge in [0.2, 0.25) is 0 Å². The van der Waals surface area contributed by atoms with Gasteiger partial charge in [-0.1, -0.05) is 0 Å². The molecule has 2 aliphatic carbocycles. The maximum atomic E-state index is 2.51. The molecule has 0 aliphatic heterocycles. The number of rotatable bonds is 6. The maximum absolute atomic E-state index is 3.06. The third-order valence-electron chi connectivity index (χ3n) is 9.60. The van der Waals surface area contributed by atoms with Crippen LogP contribution in [0.25, 0.3) is 16.7 Å². The van der Waals surface area contributed by atoms with Crippen molar-refractivity contribution in [3.63, 3.8) is 0 Å². The van der Waals surface area contributed by atoms with E-state index in [0.29, 0.717) is 3.63 Å². The Labute approximate surface area is 304 Å². The van der Waals surface area contributed by atoms with Crippen LogP contribution >= 0.6 is 0 Å². The molecule has 0 saturated carbocycles. The molecule has 0 N–H and O–H groups in total. The molecule has 234 valence electrons. The molecule has 0 heterocycles. The molecule has 8 rings (SSSR count). The first-order chi connectivity index (χ1) is 22.7. The normalized spacial score (nSPS) is 14.3. The number of halogens is 2. The molecule has 1 unspecified atom stereocenters. The van der Waals surface area contributed by atoms with Gasteiger partial charge in [0, 0.05) is 0 Å². The van der Waals surface area contributed by atoms with Gasteiger partial charge in [-0.25, -0.2) is 0 Å². The molecule has 2 aliphatic rings. The minimum atomic E-state index is -3.06. The van der Waals surface area contributed by atoms with E-state index < -0.39 is 21.3 Å². The van der Waals surface area contributed by atoms with E-state index in [1.807, 2.05) is 0 Å². The largest absolute Gasteiger partial charge is 1.00 e. The number of benzene rings is 6. The molecule has 6 aromatic rings. The van der Waals surface area contributed by atoms with E-state index in [0.717, 1.165) is 0 Å². The fraction of sp³-hybridized carbons (Fsp3) is 0.0889. The van der Waals surface area contributed by atoms with Crippen molar-refractivity contribution in [1.29, 1.82) is 0 Å².